The van der Waals surface area contributed by atoms with Crippen molar-refractivity contribution in [2.75, 3.05) is 0 Å². The summed E-state index contributed by atoms with van der Waals surface area (Å²) in [7, 11) is 0. The number of amides is 1. The highest BCUT2D eigenvalue weighted by atomic mass is 16.1. The van der Waals surface area contributed by atoms with E-state index in [4.69, 9.17) is 5.73 Å². The summed E-state index contributed by atoms with van der Waals surface area (Å²) in [5.74, 6) is -0.405. The van der Waals surface area contributed by atoms with Crippen LogP contribution in [0.5, 0.6) is 0 Å². The van der Waals surface area contributed by atoms with Crippen molar-refractivity contribution >= 4 is 11.5 Å². The molecule has 0 fully saturated rings. The zero-order chi connectivity index (χ0) is 11.1. The molecule has 0 bridgehead atoms. The van der Waals surface area contributed by atoms with E-state index in [1.165, 1.54) is 6.08 Å². The van der Waals surface area contributed by atoms with Gasteiger partial charge in [0.2, 0.25) is 5.91 Å². The number of hydrogen-bond acceptors (Lipinski definition) is 1. The Kier molecular flexibility index (Phi) is 4.35. The Balaban J connectivity index is 2.91. The molecule has 0 aliphatic heterocycles. The highest BCUT2D eigenvalue weighted by Gasteiger charge is 2.01. The van der Waals surface area contributed by atoms with Gasteiger partial charge in [0.15, 0.2) is 0 Å². The molecule has 0 saturated carbocycles. The van der Waals surface area contributed by atoms with E-state index in [2.05, 4.69) is 6.58 Å². The number of rotatable bonds is 5. The van der Waals surface area contributed by atoms with Crippen LogP contribution in [0.3, 0.4) is 0 Å². The van der Waals surface area contributed by atoms with Crippen LogP contribution in [-0.4, -0.2) is 5.91 Å². The fraction of sp³-hybridized carbons (Fsp3) is 0.154. The average Bonchev–Trinajstić information content (AvgIpc) is 2.25. The summed E-state index contributed by atoms with van der Waals surface area (Å²) >= 11 is 0. The molecule has 0 heterocycles. The molecule has 0 radical (unpaired) electrons. The summed E-state index contributed by atoms with van der Waals surface area (Å²) < 4.78 is 0. The van der Waals surface area contributed by atoms with E-state index in [1.54, 1.807) is 0 Å². The lowest BCUT2D eigenvalue weighted by Crippen LogP contribution is -2.07. The third-order valence-corrected chi connectivity index (χ3v) is 2.08. The van der Waals surface area contributed by atoms with Crippen molar-refractivity contribution in [2.24, 2.45) is 5.73 Å². The fourth-order valence-electron chi connectivity index (χ4n) is 1.38. The van der Waals surface area contributed by atoms with Crippen LogP contribution in [-0.2, 0) is 4.79 Å². The van der Waals surface area contributed by atoms with E-state index in [0.717, 1.165) is 24.0 Å². The largest absolute Gasteiger partial charge is 0.366 e. The summed E-state index contributed by atoms with van der Waals surface area (Å²) in [5, 5.41) is 0. The second kappa shape index (κ2) is 5.81. The Bertz CT molecular complexity index is 365. The lowest BCUT2D eigenvalue weighted by atomic mass is 10.0. The lowest BCUT2D eigenvalue weighted by Gasteiger charge is -2.05. The van der Waals surface area contributed by atoms with Crippen molar-refractivity contribution in [3.05, 3.63) is 54.6 Å². The molecule has 2 nitrogen and oxygen atoms in total. The predicted octanol–water partition coefficient (Wildman–Crippen LogP) is 2.52. The van der Waals surface area contributed by atoms with Crippen molar-refractivity contribution in [1.29, 1.82) is 0 Å². The van der Waals surface area contributed by atoms with Gasteiger partial charge in [-0.3, -0.25) is 4.79 Å². The first-order valence-electron chi connectivity index (χ1n) is 4.90. The number of carbonyl (C=O) groups excluding carboxylic acids is 1. The maximum Gasteiger partial charge on any atom is 0.241 e. The van der Waals surface area contributed by atoms with Gasteiger partial charge in [-0.2, -0.15) is 0 Å². The van der Waals surface area contributed by atoms with Gasteiger partial charge >= 0.3 is 0 Å². The second-order valence-corrected chi connectivity index (χ2v) is 3.27. The smallest absolute Gasteiger partial charge is 0.241 e. The SMILES string of the molecule is C=CCCC(=CC(N)=O)c1ccccc1. The molecular weight excluding hydrogens is 186 g/mol. The average molecular weight is 201 g/mol. The topological polar surface area (TPSA) is 43.1 Å². The van der Waals surface area contributed by atoms with Crippen molar-refractivity contribution in [1.82, 2.24) is 0 Å². The first-order valence-corrected chi connectivity index (χ1v) is 4.90. The molecule has 1 rings (SSSR count). The van der Waals surface area contributed by atoms with E-state index in [0.29, 0.717) is 0 Å². The molecule has 0 aliphatic rings. The van der Waals surface area contributed by atoms with Gasteiger partial charge in [0.1, 0.15) is 0 Å². The number of benzene rings is 1. The minimum Gasteiger partial charge on any atom is -0.366 e. The van der Waals surface area contributed by atoms with E-state index >= 15 is 0 Å². The third kappa shape index (κ3) is 3.81. The Morgan fingerprint density at radius 1 is 1.33 bits per heavy atom. The summed E-state index contributed by atoms with van der Waals surface area (Å²) in [6.45, 7) is 3.66. The lowest BCUT2D eigenvalue weighted by molar-refractivity contribution is -0.113. The minimum absolute atomic E-state index is 0.405. The normalized spacial score (nSPS) is 11.1. The highest BCUT2D eigenvalue weighted by molar-refractivity contribution is 5.94. The zero-order valence-corrected chi connectivity index (χ0v) is 8.65. The maximum absolute atomic E-state index is 10.9. The number of allylic oxidation sites excluding steroid dienone is 2. The van der Waals surface area contributed by atoms with Crippen LogP contribution in [0.2, 0.25) is 0 Å². The van der Waals surface area contributed by atoms with Crippen molar-refractivity contribution in [3.63, 3.8) is 0 Å². The number of nitrogens with two attached hydrogens (primary N) is 1. The molecule has 0 unspecified atom stereocenters. The van der Waals surface area contributed by atoms with Crippen LogP contribution in [0, 0.1) is 0 Å². The number of hydrogen-bond donors (Lipinski definition) is 1. The van der Waals surface area contributed by atoms with Crippen LogP contribution >= 0.6 is 0 Å². The monoisotopic (exact) mass is 201 g/mol. The molecular formula is C13H15NO. The van der Waals surface area contributed by atoms with Crippen molar-refractivity contribution < 1.29 is 4.79 Å². The minimum atomic E-state index is -0.405. The Morgan fingerprint density at radius 2 is 2.00 bits per heavy atom. The molecule has 78 valence electrons. The molecule has 0 saturated heterocycles. The molecule has 2 heteroatoms. The van der Waals surface area contributed by atoms with Crippen LogP contribution in [0.15, 0.2) is 49.1 Å². The second-order valence-electron chi connectivity index (χ2n) is 3.27. The molecule has 0 aromatic heterocycles. The van der Waals surface area contributed by atoms with Gasteiger partial charge in [-0.15, -0.1) is 6.58 Å². The number of primary amides is 1. The molecule has 1 aromatic rings. The molecule has 1 amide bonds. The van der Waals surface area contributed by atoms with Gasteiger partial charge in [-0.1, -0.05) is 36.4 Å². The van der Waals surface area contributed by atoms with Gasteiger partial charge in [0.25, 0.3) is 0 Å². The molecule has 15 heavy (non-hydrogen) atoms. The summed E-state index contributed by atoms with van der Waals surface area (Å²) in [4.78, 5) is 10.9. The summed E-state index contributed by atoms with van der Waals surface area (Å²) in [6, 6.07) is 9.77. The van der Waals surface area contributed by atoms with Crippen LogP contribution in [0.1, 0.15) is 18.4 Å². The molecule has 2 N–H and O–H groups in total. The van der Waals surface area contributed by atoms with Gasteiger partial charge in [-0.05, 0) is 24.0 Å². The maximum atomic E-state index is 10.9. The third-order valence-electron chi connectivity index (χ3n) is 2.08. The fourth-order valence-corrected chi connectivity index (χ4v) is 1.38. The predicted molar refractivity (Wildman–Crippen MR) is 63.0 cm³/mol. The Hall–Kier alpha value is -1.83. The highest BCUT2D eigenvalue weighted by Crippen LogP contribution is 2.19. The van der Waals surface area contributed by atoms with Crippen LogP contribution in [0.25, 0.3) is 5.57 Å². The van der Waals surface area contributed by atoms with Crippen molar-refractivity contribution in [3.8, 4) is 0 Å². The van der Waals surface area contributed by atoms with Gasteiger partial charge in [0, 0.05) is 6.08 Å². The summed E-state index contributed by atoms with van der Waals surface area (Å²) in [6.07, 6.45) is 4.95. The Morgan fingerprint density at radius 3 is 2.53 bits per heavy atom. The Labute approximate surface area is 90.1 Å². The summed E-state index contributed by atoms with van der Waals surface area (Å²) in [5.41, 5.74) is 7.16. The van der Waals surface area contributed by atoms with Crippen LogP contribution < -0.4 is 5.73 Å². The van der Waals surface area contributed by atoms with Crippen molar-refractivity contribution in [2.45, 2.75) is 12.8 Å². The molecule has 0 spiro atoms. The zero-order valence-electron chi connectivity index (χ0n) is 8.65. The van der Waals surface area contributed by atoms with E-state index in [9.17, 15) is 4.79 Å². The van der Waals surface area contributed by atoms with E-state index in [1.807, 2.05) is 36.4 Å². The first-order chi connectivity index (χ1) is 7.24. The van der Waals surface area contributed by atoms with E-state index in [-0.39, 0.29) is 0 Å². The van der Waals surface area contributed by atoms with E-state index < -0.39 is 5.91 Å². The van der Waals surface area contributed by atoms with Gasteiger partial charge in [-0.25, -0.2) is 0 Å². The molecule has 0 aliphatic carbocycles. The first kappa shape index (κ1) is 11.2. The molecule has 0 atom stereocenters. The van der Waals surface area contributed by atoms with Crippen LogP contribution in [0.4, 0.5) is 0 Å². The molecule has 1 aromatic carbocycles. The standard InChI is InChI=1S/C13H15NO/c1-2-3-7-12(10-13(14)15)11-8-5-4-6-9-11/h2,4-6,8-10H,1,3,7H2,(H2,14,15). The van der Waals surface area contributed by atoms with Gasteiger partial charge in [0.05, 0.1) is 0 Å². The quantitative estimate of drug-likeness (QED) is 0.577. The van der Waals surface area contributed by atoms with Gasteiger partial charge < -0.3 is 5.73 Å². The number of carbonyl (C=O) groups is 1.